The van der Waals surface area contributed by atoms with Gasteiger partial charge in [-0.3, -0.25) is 4.98 Å². The number of carbonyl (C=O) groups is 1. The molecular formula is C14H20N2O3. The summed E-state index contributed by atoms with van der Waals surface area (Å²) in [5.74, 6) is 0.550. The zero-order valence-corrected chi connectivity index (χ0v) is 10.9. The maximum atomic E-state index is 10.5. The fourth-order valence-corrected chi connectivity index (χ4v) is 2.47. The van der Waals surface area contributed by atoms with Gasteiger partial charge in [-0.2, -0.15) is 0 Å². The Balaban J connectivity index is 1.62. The van der Waals surface area contributed by atoms with E-state index in [1.165, 1.54) is 0 Å². The Bertz CT molecular complexity index is 389. The van der Waals surface area contributed by atoms with Crippen molar-refractivity contribution in [1.29, 1.82) is 0 Å². The monoisotopic (exact) mass is 264 g/mol. The van der Waals surface area contributed by atoms with E-state index in [-0.39, 0.29) is 6.04 Å². The number of carboxylic acid groups (broad SMARTS) is 1. The molecule has 1 aliphatic carbocycles. The van der Waals surface area contributed by atoms with Crippen LogP contribution in [0.4, 0.5) is 4.79 Å². The molecule has 19 heavy (non-hydrogen) atoms. The highest BCUT2D eigenvalue weighted by atomic mass is 16.5. The predicted octanol–water partition coefficient (Wildman–Crippen LogP) is 2.42. The summed E-state index contributed by atoms with van der Waals surface area (Å²) in [5.41, 5.74) is 1.14. The van der Waals surface area contributed by atoms with Crippen LogP contribution in [0.3, 0.4) is 0 Å². The number of nitrogens with one attached hydrogen (secondary N) is 1. The summed E-state index contributed by atoms with van der Waals surface area (Å²) in [6.45, 7) is 1.37. The third-order valence-corrected chi connectivity index (χ3v) is 3.55. The zero-order valence-electron chi connectivity index (χ0n) is 10.9. The summed E-state index contributed by atoms with van der Waals surface area (Å²) >= 11 is 0. The number of rotatable bonds is 5. The van der Waals surface area contributed by atoms with Gasteiger partial charge in [-0.25, -0.2) is 4.79 Å². The molecule has 0 saturated heterocycles. The van der Waals surface area contributed by atoms with Gasteiger partial charge in [0.15, 0.2) is 0 Å². The molecule has 1 aromatic heterocycles. The molecule has 1 heterocycles. The number of nitrogens with zero attached hydrogens (tertiary/aromatic N) is 1. The molecule has 1 aliphatic rings. The maximum absolute atomic E-state index is 10.5. The second-order valence-corrected chi connectivity index (χ2v) is 5.04. The van der Waals surface area contributed by atoms with Gasteiger partial charge in [0.2, 0.25) is 0 Å². The van der Waals surface area contributed by atoms with Gasteiger partial charge in [0.05, 0.1) is 6.61 Å². The van der Waals surface area contributed by atoms with E-state index in [0.717, 1.165) is 37.9 Å². The van der Waals surface area contributed by atoms with Crippen LogP contribution in [-0.2, 0) is 11.3 Å². The minimum Gasteiger partial charge on any atom is -0.465 e. The van der Waals surface area contributed by atoms with Gasteiger partial charge in [-0.05, 0) is 49.3 Å². The van der Waals surface area contributed by atoms with E-state index in [1.807, 2.05) is 12.1 Å². The highest BCUT2D eigenvalue weighted by Gasteiger charge is 2.22. The lowest BCUT2D eigenvalue weighted by atomic mass is 9.86. The van der Waals surface area contributed by atoms with Gasteiger partial charge in [0, 0.05) is 25.0 Å². The van der Waals surface area contributed by atoms with Crippen LogP contribution in [0.1, 0.15) is 31.2 Å². The molecule has 1 aromatic rings. The van der Waals surface area contributed by atoms with Crippen molar-refractivity contribution in [2.24, 2.45) is 5.92 Å². The standard InChI is InChI=1S/C14H20N2O3/c17-14(18)16-13-3-1-11(2-4-13)9-19-10-12-5-7-15-8-6-12/h5-8,11,13,16H,1-4,9-10H2,(H,17,18). The lowest BCUT2D eigenvalue weighted by Crippen LogP contribution is -2.37. The van der Waals surface area contributed by atoms with Crippen molar-refractivity contribution in [3.8, 4) is 0 Å². The number of aromatic nitrogens is 1. The van der Waals surface area contributed by atoms with Gasteiger partial charge >= 0.3 is 6.09 Å². The fraction of sp³-hybridized carbons (Fsp3) is 0.571. The maximum Gasteiger partial charge on any atom is 0.404 e. The van der Waals surface area contributed by atoms with Crippen LogP contribution in [0.5, 0.6) is 0 Å². The number of amides is 1. The molecule has 5 nitrogen and oxygen atoms in total. The molecule has 0 unspecified atom stereocenters. The van der Waals surface area contributed by atoms with Crippen molar-refractivity contribution in [2.75, 3.05) is 6.61 Å². The third kappa shape index (κ3) is 4.87. The summed E-state index contributed by atoms with van der Waals surface area (Å²) in [6.07, 6.45) is 6.49. The van der Waals surface area contributed by atoms with E-state index in [0.29, 0.717) is 12.5 Å². The first-order chi connectivity index (χ1) is 9.24. The quantitative estimate of drug-likeness (QED) is 0.856. The van der Waals surface area contributed by atoms with Gasteiger partial charge in [-0.15, -0.1) is 0 Å². The second-order valence-electron chi connectivity index (χ2n) is 5.04. The van der Waals surface area contributed by atoms with Crippen molar-refractivity contribution in [3.63, 3.8) is 0 Å². The number of hydrogen-bond donors (Lipinski definition) is 2. The SMILES string of the molecule is O=C(O)NC1CCC(COCc2ccncc2)CC1. The van der Waals surface area contributed by atoms with Crippen molar-refractivity contribution in [2.45, 2.75) is 38.3 Å². The Labute approximate surface area is 113 Å². The lowest BCUT2D eigenvalue weighted by molar-refractivity contribution is 0.0698. The van der Waals surface area contributed by atoms with Crippen LogP contribution in [0.15, 0.2) is 24.5 Å². The first-order valence-electron chi connectivity index (χ1n) is 6.70. The normalized spacial score (nSPS) is 22.9. The average Bonchev–Trinajstić information content (AvgIpc) is 2.41. The van der Waals surface area contributed by atoms with Crippen LogP contribution in [-0.4, -0.2) is 28.8 Å². The second kappa shape index (κ2) is 7.09. The summed E-state index contributed by atoms with van der Waals surface area (Å²) < 4.78 is 5.71. The predicted molar refractivity (Wildman–Crippen MR) is 70.8 cm³/mol. The van der Waals surface area contributed by atoms with Crippen LogP contribution >= 0.6 is 0 Å². The van der Waals surface area contributed by atoms with Crippen LogP contribution in [0.25, 0.3) is 0 Å². The fourth-order valence-electron chi connectivity index (χ4n) is 2.47. The summed E-state index contributed by atoms with van der Waals surface area (Å²) in [7, 11) is 0. The Morgan fingerprint density at radius 1 is 1.32 bits per heavy atom. The van der Waals surface area contributed by atoms with Gasteiger partial charge < -0.3 is 15.2 Å². The topological polar surface area (TPSA) is 71.5 Å². The molecule has 0 aromatic carbocycles. The smallest absolute Gasteiger partial charge is 0.404 e. The molecule has 0 atom stereocenters. The molecule has 2 N–H and O–H groups in total. The van der Waals surface area contributed by atoms with Crippen LogP contribution in [0, 0.1) is 5.92 Å². The van der Waals surface area contributed by atoms with E-state index < -0.39 is 6.09 Å². The van der Waals surface area contributed by atoms with Gasteiger partial charge in [0.1, 0.15) is 0 Å². The van der Waals surface area contributed by atoms with Crippen LogP contribution in [0.2, 0.25) is 0 Å². The third-order valence-electron chi connectivity index (χ3n) is 3.55. The molecule has 1 saturated carbocycles. The van der Waals surface area contributed by atoms with Gasteiger partial charge in [-0.1, -0.05) is 0 Å². The van der Waals surface area contributed by atoms with Crippen molar-refractivity contribution in [3.05, 3.63) is 30.1 Å². The van der Waals surface area contributed by atoms with Gasteiger partial charge in [0.25, 0.3) is 0 Å². The zero-order chi connectivity index (χ0) is 13.5. The number of hydrogen-bond acceptors (Lipinski definition) is 3. The molecule has 5 heteroatoms. The molecule has 0 aliphatic heterocycles. The average molecular weight is 264 g/mol. The van der Waals surface area contributed by atoms with E-state index in [4.69, 9.17) is 9.84 Å². The van der Waals surface area contributed by atoms with Crippen molar-refractivity contribution >= 4 is 6.09 Å². The minimum atomic E-state index is -0.919. The first-order valence-corrected chi connectivity index (χ1v) is 6.70. The first kappa shape index (κ1) is 13.8. The molecule has 1 fully saturated rings. The Hall–Kier alpha value is -1.62. The van der Waals surface area contributed by atoms with E-state index >= 15 is 0 Å². The Kier molecular flexibility index (Phi) is 5.15. The summed E-state index contributed by atoms with van der Waals surface area (Å²) in [6, 6.07) is 4.02. The number of pyridine rings is 1. The molecule has 0 bridgehead atoms. The molecule has 1 amide bonds. The number of ether oxygens (including phenoxy) is 1. The lowest BCUT2D eigenvalue weighted by Gasteiger charge is -2.28. The Morgan fingerprint density at radius 2 is 2.00 bits per heavy atom. The molecule has 0 spiro atoms. The van der Waals surface area contributed by atoms with E-state index in [2.05, 4.69) is 10.3 Å². The Morgan fingerprint density at radius 3 is 2.63 bits per heavy atom. The van der Waals surface area contributed by atoms with E-state index in [9.17, 15) is 4.79 Å². The minimum absolute atomic E-state index is 0.119. The molecular weight excluding hydrogens is 244 g/mol. The highest BCUT2D eigenvalue weighted by molar-refractivity contribution is 5.64. The molecule has 2 rings (SSSR count). The highest BCUT2D eigenvalue weighted by Crippen LogP contribution is 2.24. The van der Waals surface area contributed by atoms with Crippen molar-refractivity contribution in [1.82, 2.24) is 10.3 Å². The molecule has 0 radical (unpaired) electrons. The van der Waals surface area contributed by atoms with Crippen LogP contribution < -0.4 is 5.32 Å². The largest absolute Gasteiger partial charge is 0.465 e. The van der Waals surface area contributed by atoms with E-state index in [1.54, 1.807) is 12.4 Å². The summed E-state index contributed by atoms with van der Waals surface area (Å²) in [5, 5.41) is 11.2. The molecule has 104 valence electrons. The summed E-state index contributed by atoms with van der Waals surface area (Å²) in [4.78, 5) is 14.5. The van der Waals surface area contributed by atoms with Crippen molar-refractivity contribution < 1.29 is 14.6 Å².